The van der Waals surface area contributed by atoms with Crippen LogP contribution in [0.1, 0.15) is 20.9 Å². The van der Waals surface area contributed by atoms with Crippen molar-refractivity contribution in [3.63, 3.8) is 0 Å². The number of aryl methyl sites for hydroxylation is 1. The molecular formula is C21H19ClN4OS. The molecule has 0 saturated carbocycles. The van der Waals surface area contributed by atoms with Crippen LogP contribution in [-0.2, 0) is 0 Å². The number of halogens is 1. The van der Waals surface area contributed by atoms with Gasteiger partial charge in [0.25, 0.3) is 5.91 Å². The molecule has 0 radical (unpaired) electrons. The van der Waals surface area contributed by atoms with Crippen LogP contribution in [0.2, 0.25) is 5.02 Å². The zero-order valence-electron chi connectivity index (χ0n) is 15.3. The number of amides is 1. The second-order valence-electron chi connectivity index (χ2n) is 6.47. The fourth-order valence-corrected chi connectivity index (χ4v) is 3.83. The molecule has 2 heterocycles. The van der Waals surface area contributed by atoms with E-state index in [0.717, 1.165) is 40.7 Å². The van der Waals surface area contributed by atoms with Gasteiger partial charge in [0.05, 0.1) is 5.69 Å². The molecule has 3 aromatic rings. The molecule has 28 heavy (non-hydrogen) atoms. The fraction of sp³-hybridized carbons (Fsp3) is 0.143. The van der Waals surface area contributed by atoms with Crippen molar-refractivity contribution in [2.45, 2.75) is 6.92 Å². The second-order valence-corrected chi connectivity index (χ2v) is 7.76. The number of nitrogens with one attached hydrogen (secondary N) is 3. The fourth-order valence-electron chi connectivity index (χ4n) is 2.87. The van der Waals surface area contributed by atoms with E-state index in [2.05, 4.69) is 16.0 Å². The predicted molar refractivity (Wildman–Crippen MR) is 114 cm³/mol. The van der Waals surface area contributed by atoms with E-state index < -0.39 is 0 Å². The molecule has 1 saturated heterocycles. The molecule has 0 atom stereocenters. The van der Waals surface area contributed by atoms with Crippen molar-refractivity contribution in [3.8, 4) is 11.3 Å². The zero-order chi connectivity index (χ0) is 19.5. The maximum atomic E-state index is 12.8. The third kappa shape index (κ3) is 4.03. The summed E-state index contributed by atoms with van der Waals surface area (Å²) >= 11 is 7.46. The average molecular weight is 411 g/mol. The zero-order valence-corrected chi connectivity index (χ0v) is 16.8. The molecule has 0 spiro atoms. The van der Waals surface area contributed by atoms with E-state index in [1.54, 1.807) is 0 Å². The first kappa shape index (κ1) is 18.5. The summed E-state index contributed by atoms with van der Waals surface area (Å²) < 4.78 is 0. The number of benzene rings is 2. The minimum absolute atomic E-state index is 0.166. The van der Waals surface area contributed by atoms with Gasteiger partial charge >= 0.3 is 0 Å². The molecule has 7 heteroatoms. The van der Waals surface area contributed by atoms with Crippen molar-refractivity contribution in [3.05, 3.63) is 80.9 Å². The standard InChI is InChI=1S/C21H19ClN4OS/c1-13-2-4-15(5-3-13)20(27)26-18(19-23-10-11-24-19)21-25-17(12-28-21)14-6-8-16(22)9-7-14/h2-9,12,23-24H,10-11H2,1H3,(H,26,27). The topological polar surface area (TPSA) is 66.1 Å². The van der Waals surface area contributed by atoms with E-state index in [1.165, 1.54) is 11.3 Å². The summed E-state index contributed by atoms with van der Waals surface area (Å²) in [6.45, 7) is 3.60. The Kier molecular flexibility index (Phi) is 5.32. The Hall–Kier alpha value is -2.83. The van der Waals surface area contributed by atoms with Crippen molar-refractivity contribution in [2.24, 2.45) is 0 Å². The third-order valence-electron chi connectivity index (χ3n) is 4.39. The van der Waals surface area contributed by atoms with Crippen LogP contribution in [-0.4, -0.2) is 24.0 Å². The molecule has 1 aromatic heterocycles. The van der Waals surface area contributed by atoms with E-state index in [4.69, 9.17) is 16.6 Å². The maximum absolute atomic E-state index is 12.8. The Morgan fingerprint density at radius 3 is 2.43 bits per heavy atom. The lowest BCUT2D eigenvalue weighted by molar-refractivity contribution is 0.0973. The van der Waals surface area contributed by atoms with Crippen LogP contribution in [0.5, 0.6) is 0 Å². The summed E-state index contributed by atoms with van der Waals surface area (Å²) in [7, 11) is 0. The molecule has 1 aliphatic rings. The van der Waals surface area contributed by atoms with Gasteiger partial charge in [-0.1, -0.05) is 41.4 Å². The van der Waals surface area contributed by atoms with Crippen LogP contribution in [0.4, 0.5) is 0 Å². The number of nitrogens with zero attached hydrogens (tertiary/aromatic N) is 1. The molecule has 0 unspecified atom stereocenters. The summed E-state index contributed by atoms with van der Waals surface area (Å²) in [5.41, 5.74) is 4.21. The van der Waals surface area contributed by atoms with E-state index >= 15 is 0 Å². The number of hydrogen-bond donors (Lipinski definition) is 3. The molecule has 1 aliphatic heterocycles. The molecule has 2 aromatic carbocycles. The van der Waals surface area contributed by atoms with E-state index in [0.29, 0.717) is 16.3 Å². The van der Waals surface area contributed by atoms with Gasteiger partial charge in [-0.3, -0.25) is 4.79 Å². The first-order valence-electron chi connectivity index (χ1n) is 8.92. The monoisotopic (exact) mass is 410 g/mol. The maximum Gasteiger partial charge on any atom is 0.255 e. The average Bonchev–Trinajstić information content (AvgIpc) is 3.39. The smallest absolute Gasteiger partial charge is 0.255 e. The van der Waals surface area contributed by atoms with E-state index in [9.17, 15) is 4.79 Å². The van der Waals surface area contributed by atoms with E-state index in [1.807, 2.05) is 60.8 Å². The van der Waals surface area contributed by atoms with Crippen molar-refractivity contribution < 1.29 is 4.79 Å². The van der Waals surface area contributed by atoms with Gasteiger partial charge in [0.1, 0.15) is 16.5 Å². The molecular weight excluding hydrogens is 392 g/mol. The minimum atomic E-state index is -0.166. The lowest BCUT2D eigenvalue weighted by Gasteiger charge is -2.12. The Labute approximate surface area is 172 Å². The van der Waals surface area contributed by atoms with Gasteiger partial charge in [0.15, 0.2) is 0 Å². The summed E-state index contributed by atoms with van der Waals surface area (Å²) in [4.78, 5) is 17.5. The van der Waals surface area contributed by atoms with Crippen LogP contribution >= 0.6 is 22.9 Å². The highest BCUT2D eigenvalue weighted by Gasteiger charge is 2.20. The minimum Gasteiger partial charge on any atom is -0.368 e. The molecule has 4 rings (SSSR count). The summed E-state index contributed by atoms with van der Waals surface area (Å²) in [5.74, 6) is 0.624. The quantitative estimate of drug-likeness (QED) is 0.607. The molecule has 3 N–H and O–H groups in total. The molecule has 5 nitrogen and oxygen atoms in total. The number of carbonyl (C=O) groups excluding carboxylic acids is 1. The Balaban J connectivity index is 1.64. The number of rotatable bonds is 4. The highest BCUT2D eigenvalue weighted by molar-refractivity contribution is 7.11. The number of carbonyl (C=O) groups is 1. The normalized spacial score (nSPS) is 13.0. The lowest BCUT2D eigenvalue weighted by atomic mass is 10.1. The highest BCUT2D eigenvalue weighted by Crippen LogP contribution is 2.27. The first-order chi connectivity index (χ1) is 13.6. The Morgan fingerprint density at radius 2 is 1.75 bits per heavy atom. The van der Waals surface area contributed by atoms with Crippen molar-refractivity contribution >= 4 is 34.5 Å². The molecule has 1 amide bonds. The van der Waals surface area contributed by atoms with Gasteiger partial charge in [-0.05, 0) is 31.2 Å². The van der Waals surface area contributed by atoms with Gasteiger partial charge in [0, 0.05) is 34.6 Å². The number of thiazole rings is 1. The van der Waals surface area contributed by atoms with Crippen molar-refractivity contribution in [1.29, 1.82) is 0 Å². The summed E-state index contributed by atoms with van der Waals surface area (Å²) in [5, 5.41) is 13.0. The predicted octanol–water partition coefficient (Wildman–Crippen LogP) is 4.02. The Morgan fingerprint density at radius 1 is 1.07 bits per heavy atom. The molecule has 0 bridgehead atoms. The van der Waals surface area contributed by atoms with Crippen LogP contribution in [0, 0.1) is 6.92 Å². The molecule has 142 valence electrons. The number of aromatic nitrogens is 1. The molecule has 0 aliphatic carbocycles. The third-order valence-corrected chi connectivity index (χ3v) is 5.50. The van der Waals surface area contributed by atoms with Crippen LogP contribution < -0.4 is 16.0 Å². The lowest BCUT2D eigenvalue weighted by Crippen LogP contribution is -2.27. The van der Waals surface area contributed by atoms with Crippen LogP contribution in [0.15, 0.2) is 59.7 Å². The number of hydrogen-bond acceptors (Lipinski definition) is 5. The van der Waals surface area contributed by atoms with Gasteiger partial charge in [0.2, 0.25) is 0 Å². The van der Waals surface area contributed by atoms with Crippen molar-refractivity contribution in [1.82, 2.24) is 20.9 Å². The van der Waals surface area contributed by atoms with Gasteiger partial charge in [-0.25, -0.2) is 4.98 Å². The largest absolute Gasteiger partial charge is 0.368 e. The van der Waals surface area contributed by atoms with E-state index in [-0.39, 0.29) is 5.91 Å². The molecule has 1 fully saturated rings. The van der Waals surface area contributed by atoms with Gasteiger partial charge < -0.3 is 16.0 Å². The van der Waals surface area contributed by atoms with Gasteiger partial charge in [-0.2, -0.15) is 0 Å². The summed E-state index contributed by atoms with van der Waals surface area (Å²) in [6, 6.07) is 15.1. The van der Waals surface area contributed by atoms with Crippen molar-refractivity contribution in [2.75, 3.05) is 13.1 Å². The van der Waals surface area contributed by atoms with Crippen LogP contribution in [0.3, 0.4) is 0 Å². The summed E-state index contributed by atoms with van der Waals surface area (Å²) in [6.07, 6.45) is 0. The van der Waals surface area contributed by atoms with Crippen LogP contribution in [0.25, 0.3) is 17.0 Å². The van der Waals surface area contributed by atoms with Gasteiger partial charge in [-0.15, -0.1) is 11.3 Å². The highest BCUT2D eigenvalue weighted by atomic mass is 35.5. The Bertz CT molecular complexity index is 1020. The SMILES string of the molecule is Cc1ccc(C(=O)NC(=C2NCCN2)c2nc(-c3ccc(Cl)cc3)cs2)cc1. The second kappa shape index (κ2) is 8.04. The first-order valence-corrected chi connectivity index (χ1v) is 10.2.